The van der Waals surface area contributed by atoms with Gasteiger partial charge in [-0.25, -0.2) is 4.98 Å². The van der Waals surface area contributed by atoms with E-state index in [-0.39, 0.29) is 12.5 Å². The van der Waals surface area contributed by atoms with Crippen LogP contribution in [0.4, 0.5) is 0 Å². The molecule has 120 valence electrons. The number of nitrogens with one attached hydrogen (secondary N) is 1. The Balaban J connectivity index is 1.66. The first-order valence-corrected chi connectivity index (χ1v) is 8.34. The number of aliphatic carboxylic acids is 1. The maximum absolute atomic E-state index is 12.3. The quantitative estimate of drug-likeness (QED) is 0.853. The van der Waals surface area contributed by atoms with E-state index in [0.717, 1.165) is 10.6 Å². The van der Waals surface area contributed by atoms with Gasteiger partial charge in [-0.3, -0.25) is 9.59 Å². The molecule has 1 saturated carbocycles. The lowest BCUT2D eigenvalue weighted by Gasteiger charge is -2.10. The number of benzene rings is 1. The zero-order valence-electron chi connectivity index (χ0n) is 12.8. The second-order valence-corrected chi connectivity index (χ2v) is 7.04. The van der Waals surface area contributed by atoms with Gasteiger partial charge < -0.3 is 10.4 Å². The summed E-state index contributed by atoms with van der Waals surface area (Å²) in [6, 6.07) is 9.97. The van der Waals surface area contributed by atoms with Gasteiger partial charge in [-0.2, -0.15) is 0 Å². The average molecular weight is 330 g/mol. The minimum Gasteiger partial charge on any atom is -0.481 e. The van der Waals surface area contributed by atoms with E-state index in [1.807, 2.05) is 37.3 Å². The Morgan fingerprint density at radius 1 is 1.30 bits per heavy atom. The van der Waals surface area contributed by atoms with Crippen LogP contribution in [0.3, 0.4) is 0 Å². The van der Waals surface area contributed by atoms with E-state index in [4.69, 9.17) is 5.11 Å². The Kier molecular flexibility index (Phi) is 4.17. The first-order valence-electron chi connectivity index (χ1n) is 7.52. The molecule has 6 heteroatoms. The molecule has 1 aromatic heterocycles. The molecule has 0 bridgehead atoms. The van der Waals surface area contributed by atoms with Gasteiger partial charge in [-0.05, 0) is 25.3 Å². The molecule has 1 aromatic carbocycles. The number of hydrogen-bond acceptors (Lipinski definition) is 4. The fraction of sp³-hybridized carbons (Fsp3) is 0.353. The van der Waals surface area contributed by atoms with E-state index < -0.39 is 11.4 Å². The molecule has 2 aromatic rings. The van der Waals surface area contributed by atoms with Gasteiger partial charge in [0.2, 0.25) is 0 Å². The molecule has 0 spiro atoms. The topological polar surface area (TPSA) is 79.3 Å². The predicted octanol–water partition coefficient (Wildman–Crippen LogP) is 2.64. The number of carboxylic acids is 1. The molecule has 1 aliphatic rings. The molecule has 2 N–H and O–H groups in total. The van der Waals surface area contributed by atoms with Crippen LogP contribution in [0.1, 0.15) is 38.8 Å². The zero-order chi connectivity index (χ0) is 16.4. The largest absolute Gasteiger partial charge is 0.481 e. The number of aryl methyl sites for hydroxylation is 1. The molecule has 5 nitrogen and oxygen atoms in total. The van der Waals surface area contributed by atoms with Crippen molar-refractivity contribution in [2.24, 2.45) is 5.41 Å². The highest BCUT2D eigenvalue weighted by molar-refractivity contribution is 7.13. The summed E-state index contributed by atoms with van der Waals surface area (Å²) < 4.78 is 0. The Morgan fingerprint density at radius 2 is 2.00 bits per heavy atom. The Morgan fingerprint density at radius 3 is 2.61 bits per heavy atom. The number of carboxylic acid groups (broad SMARTS) is 1. The lowest BCUT2D eigenvalue weighted by molar-refractivity contribution is -0.143. The van der Waals surface area contributed by atoms with Gasteiger partial charge >= 0.3 is 5.97 Å². The molecule has 1 aliphatic carbocycles. The lowest BCUT2D eigenvalue weighted by Crippen LogP contribution is -2.34. The number of carbonyl (C=O) groups is 2. The van der Waals surface area contributed by atoms with Crippen molar-refractivity contribution in [2.45, 2.75) is 26.2 Å². The van der Waals surface area contributed by atoms with Gasteiger partial charge in [0.15, 0.2) is 0 Å². The summed E-state index contributed by atoms with van der Waals surface area (Å²) in [7, 11) is 0. The van der Waals surface area contributed by atoms with Gasteiger partial charge in [-0.1, -0.05) is 30.3 Å². The third-order valence-electron chi connectivity index (χ3n) is 4.14. The number of aromatic nitrogens is 1. The zero-order valence-corrected chi connectivity index (χ0v) is 13.7. The SMILES string of the molecule is Cc1nc(Cc2ccccc2)sc1C(=O)NCC1(C(=O)O)CC1. The molecule has 1 fully saturated rings. The molecule has 1 heterocycles. The smallest absolute Gasteiger partial charge is 0.311 e. The van der Waals surface area contributed by atoms with Crippen molar-refractivity contribution in [2.75, 3.05) is 6.54 Å². The van der Waals surface area contributed by atoms with Crippen molar-refractivity contribution < 1.29 is 14.7 Å². The molecular formula is C17H18N2O3S. The van der Waals surface area contributed by atoms with Crippen LogP contribution in [0, 0.1) is 12.3 Å². The van der Waals surface area contributed by atoms with Gasteiger partial charge in [0.25, 0.3) is 5.91 Å². The molecule has 0 aliphatic heterocycles. The van der Waals surface area contributed by atoms with Crippen molar-refractivity contribution >= 4 is 23.2 Å². The first kappa shape index (κ1) is 15.7. The van der Waals surface area contributed by atoms with Crippen molar-refractivity contribution in [3.63, 3.8) is 0 Å². The van der Waals surface area contributed by atoms with Crippen molar-refractivity contribution in [3.8, 4) is 0 Å². The van der Waals surface area contributed by atoms with E-state index >= 15 is 0 Å². The first-order chi connectivity index (χ1) is 11.0. The predicted molar refractivity (Wildman–Crippen MR) is 87.7 cm³/mol. The highest BCUT2D eigenvalue weighted by Crippen LogP contribution is 2.45. The Hall–Kier alpha value is -2.21. The van der Waals surface area contributed by atoms with E-state index in [1.54, 1.807) is 0 Å². The molecule has 23 heavy (non-hydrogen) atoms. The minimum atomic E-state index is -0.830. The molecular weight excluding hydrogens is 312 g/mol. The van der Waals surface area contributed by atoms with Gasteiger partial charge in [0.1, 0.15) is 4.88 Å². The summed E-state index contributed by atoms with van der Waals surface area (Å²) in [5.41, 5.74) is 1.09. The third-order valence-corrected chi connectivity index (χ3v) is 5.30. The van der Waals surface area contributed by atoms with Crippen LogP contribution in [0.15, 0.2) is 30.3 Å². The number of carbonyl (C=O) groups excluding carboxylic acids is 1. The normalized spacial score (nSPS) is 15.2. The third kappa shape index (κ3) is 3.42. The monoisotopic (exact) mass is 330 g/mol. The number of rotatable bonds is 6. The Bertz CT molecular complexity index is 736. The van der Waals surface area contributed by atoms with Crippen LogP contribution in [-0.2, 0) is 11.2 Å². The van der Waals surface area contributed by atoms with E-state index in [0.29, 0.717) is 29.8 Å². The van der Waals surface area contributed by atoms with E-state index in [9.17, 15) is 9.59 Å². The maximum Gasteiger partial charge on any atom is 0.311 e. The number of amides is 1. The standard InChI is InChI=1S/C17H18N2O3S/c1-11-14(15(20)18-10-17(7-8-17)16(21)22)23-13(19-11)9-12-5-3-2-4-6-12/h2-6H,7-10H2,1H3,(H,18,20)(H,21,22). The van der Waals surface area contributed by atoms with Crippen LogP contribution in [0.2, 0.25) is 0 Å². The van der Waals surface area contributed by atoms with E-state index in [2.05, 4.69) is 10.3 Å². The lowest BCUT2D eigenvalue weighted by atomic mass is 10.1. The van der Waals surface area contributed by atoms with Gasteiger partial charge in [0.05, 0.1) is 16.1 Å². The summed E-state index contributed by atoms with van der Waals surface area (Å²) in [6.07, 6.45) is 1.95. The highest BCUT2D eigenvalue weighted by atomic mass is 32.1. The average Bonchev–Trinajstić information content (AvgIpc) is 3.24. The van der Waals surface area contributed by atoms with Crippen LogP contribution >= 0.6 is 11.3 Å². The molecule has 0 saturated heterocycles. The van der Waals surface area contributed by atoms with Gasteiger partial charge in [-0.15, -0.1) is 11.3 Å². The van der Waals surface area contributed by atoms with Crippen molar-refractivity contribution in [3.05, 3.63) is 51.5 Å². The minimum absolute atomic E-state index is 0.187. The van der Waals surface area contributed by atoms with Crippen LogP contribution in [-0.4, -0.2) is 28.5 Å². The molecule has 1 amide bonds. The summed E-state index contributed by atoms with van der Waals surface area (Å²) >= 11 is 1.37. The molecule has 0 radical (unpaired) electrons. The number of nitrogens with zero attached hydrogens (tertiary/aromatic N) is 1. The maximum atomic E-state index is 12.3. The second kappa shape index (κ2) is 6.12. The van der Waals surface area contributed by atoms with E-state index in [1.165, 1.54) is 11.3 Å². The second-order valence-electron chi connectivity index (χ2n) is 5.95. The number of thiazole rings is 1. The fourth-order valence-electron chi connectivity index (χ4n) is 2.46. The van der Waals surface area contributed by atoms with Crippen molar-refractivity contribution in [1.29, 1.82) is 0 Å². The van der Waals surface area contributed by atoms with Crippen LogP contribution in [0.25, 0.3) is 0 Å². The molecule has 0 atom stereocenters. The van der Waals surface area contributed by atoms with Crippen LogP contribution < -0.4 is 5.32 Å². The summed E-state index contributed by atoms with van der Waals surface area (Å²) in [4.78, 5) is 28.5. The van der Waals surface area contributed by atoms with Crippen LogP contribution in [0.5, 0.6) is 0 Å². The summed E-state index contributed by atoms with van der Waals surface area (Å²) in [6.45, 7) is 2.00. The number of hydrogen-bond donors (Lipinski definition) is 2. The molecule has 3 rings (SSSR count). The van der Waals surface area contributed by atoms with Crippen molar-refractivity contribution in [1.82, 2.24) is 10.3 Å². The van der Waals surface area contributed by atoms with Gasteiger partial charge in [0, 0.05) is 13.0 Å². The Labute approximate surface area is 138 Å². The molecule has 0 unspecified atom stereocenters. The summed E-state index contributed by atoms with van der Waals surface area (Å²) in [5.74, 6) is -1.06. The summed E-state index contributed by atoms with van der Waals surface area (Å²) in [5, 5.41) is 12.8. The highest BCUT2D eigenvalue weighted by Gasteiger charge is 2.50. The fourth-order valence-corrected chi connectivity index (χ4v) is 3.47.